The summed E-state index contributed by atoms with van der Waals surface area (Å²) in [5, 5.41) is 5.95. The molecule has 0 amide bonds. The monoisotopic (exact) mass is 407 g/mol. The maximum Gasteiger partial charge on any atom is 0.152 e. The lowest BCUT2D eigenvalue weighted by Crippen LogP contribution is -2.04. The minimum atomic E-state index is 0.458. The number of halogens is 2. The van der Waals surface area contributed by atoms with E-state index in [0.717, 1.165) is 34.4 Å². The molecule has 0 unspecified atom stereocenters. The molecule has 0 N–H and O–H groups in total. The molecular formula is C22H15Cl2N3O. The molecular weight excluding hydrogens is 393 g/mol. The first kappa shape index (κ1) is 18.4. The lowest BCUT2D eigenvalue weighted by atomic mass is 10.00. The predicted octanol–water partition coefficient (Wildman–Crippen LogP) is 6.03. The molecule has 2 heterocycles. The van der Waals surface area contributed by atoms with Crippen molar-refractivity contribution < 1.29 is 4.79 Å². The molecule has 4 nitrogen and oxygen atoms in total. The van der Waals surface area contributed by atoms with E-state index >= 15 is 0 Å². The van der Waals surface area contributed by atoms with Crippen molar-refractivity contribution in [3.05, 3.63) is 88.3 Å². The van der Waals surface area contributed by atoms with Crippen LogP contribution in [-0.2, 0) is 0 Å². The zero-order valence-corrected chi connectivity index (χ0v) is 16.4. The van der Waals surface area contributed by atoms with E-state index < -0.39 is 0 Å². The molecule has 0 atom stereocenters. The number of pyridine rings is 1. The molecule has 28 heavy (non-hydrogen) atoms. The van der Waals surface area contributed by atoms with E-state index in [9.17, 15) is 4.79 Å². The Morgan fingerprint density at radius 2 is 1.64 bits per heavy atom. The fourth-order valence-electron chi connectivity index (χ4n) is 3.24. The van der Waals surface area contributed by atoms with Gasteiger partial charge in [-0.2, -0.15) is 5.10 Å². The Bertz CT molecular complexity index is 1150. The highest BCUT2D eigenvalue weighted by Crippen LogP contribution is 2.37. The molecule has 0 radical (unpaired) electrons. The van der Waals surface area contributed by atoms with E-state index in [1.165, 1.54) is 0 Å². The summed E-state index contributed by atoms with van der Waals surface area (Å²) >= 11 is 12.5. The molecule has 4 rings (SSSR count). The summed E-state index contributed by atoms with van der Waals surface area (Å²) in [7, 11) is 0. The molecule has 0 aliphatic rings. The van der Waals surface area contributed by atoms with Crippen molar-refractivity contribution in [1.82, 2.24) is 14.8 Å². The number of carbonyl (C=O) groups excluding carboxylic acids is 1. The molecule has 0 spiro atoms. The van der Waals surface area contributed by atoms with Gasteiger partial charge >= 0.3 is 0 Å². The second kappa shape index (κ2) is 7.58. The first-order chi connectivity index (χ1) is 13.6. The van der Waals surface area contributed by atoms with Gasteiger partial charge in [0, 0.05) is 39.8 Å². The van der Waals surface area contributed by atoms with Crippen LogP contribution in [0.1, 0.15) is 16.1 Å². The first-order valence-electron chi connectivity index (χ1n) is 8.60. The third-order valence-electron chi connectivity index (χ3n) is 4.56. The smallest absolute Gasteiger partial charge is 0.152 e. The molecule has 6 heteroatoms. The Kier molecular flexibility index (Phi) is 4.99. The van der Waals surface area contributed by atoms with Gasteiger partial charge in [-0.3, -0.25) is 9.78 Å². The van der Waals surface area contributed by atoms with Crippen LogP contribution in [0.3, 0.4) is 0 Å². The molecule has 0 bridgehead atoms. The number of para-hydroxylation sites is 1. The average molecular weight is 408 g/mol. The third-order valence-corrected chi connectivity index (χ3v) is 5.12. The Morgan fingerprint density at radius 1 is 0.929 bits per heavy atom. The molecule has 0 fully saturated rings. The summed E-state index contributed by atoms with van der Waals surface area (Å²) in [4.78, 5) is 15.7. The molecule has 0 aliphatic carbocycles. The van der Waals surface area contributed by atoms with Gasteiger partial charge in [0.2, 0.25) is 0 Å². The lowest BCUT2D eigenvalue weighted by molar-refractivity contribution is 0.112. The molecule has 4 aromatic rings. The van der Waals surface area contributed by atoms with Crippen molar-refractivity contribution in [3.63, 3.8) is 0 Å². The standard InChI is InChI=1S/C22H15Cl2N3O/c1-14-20(15-5-7-18(23)8-6-15)21(16-9-11-25-12-10-16)26-27(14)22-17(13-28)3-2-4-19(22)24/h2-13H,1H3. The maximum absolute atomic E-state index is 11.6. The van der Waals surface area contributed by atoms with E-state index in [0.29, 0.717) is 21.3 Å². The van der Waals surface area contributed by atoms with Gasteiger partial charge in [-0.25, -0.2) is 4.68 Å². The van der Waals surface area contributed by atoms with E-state index in [-0.39, 0.29) is 0 Å². The summed E-state index contributed by atoms with van der Waals surface area (Å²) in [6, 6.07) is 16.6. The van der Waals surface area contributed by atoms with Crippen LogP contribution in [0.5, 0.6) is 0 Å². The van der Waals surface area contributed by atoms with Gasteiger partial charge in [0.05, 0.1) is 10.7 Å². The van der Waals surface area contributed by atoms with Crippen LogP contribution in [0.2, 0.25) is 10.0 Å². The van der Waals surface area contributed by atoms with E-state index in [1.54, 1.807) is 35.3 Å². The van der Waals surface area contributed by atoms with Crippen LogP contribution in [0.4, 0.5) is 0 Å². The van der Waals surface area contributed by atoms with Crippen LogP contribution in [0, 0.1) is 6.92 Å². The van der Waals surface area contributed by atoms with Gasteiger partial charge in [0.1, 0.15) is 5.69 Å². The SMILES string of the molecule is Cc1c(-c2ccc(Cl)cc2)c(-c2ccncc2)nn1-c1c(Cl)cccc1C=O. The van der Waals surface area contributed by atoms with Gasteiger partial charge in [-0.1, -0.05) is 41.4 Å². The molecule has 0 saturated carbocycles. The van der Waals surface area contributed by atoms with Crippen LogP contribution >= 0.6 is 23.2 Å². The van der Waals surface area contributed by atoms with Crippen LogP contribution in [0.15, 0.2) is 67.0 Å². The third kappa shape index (κ3) is 3.21. The van der Waals surface area contributed by atoms with E-state index in [1.807, 2.05) is 43.3 Å². The van der Waals surface area contributed by atoms with Crippen LogP contribution < -0.4 is 0 Å². The number of benzene rings is 2. The van der Waals surface area contributed by atoms with Crippen molar-refractivity contribution in [1.29, 1.82) is 0 Å². The quantitative estimate of drug-likeness (QED) is 0.388. The fourth-order valence-corrected chi connectivity index (χ4v) is 3.63. The Labute approximate surface area is 172 Å². The second-order valence-electron chi connectivity index (χ2n) is 6.26. The largest absolute Gasteiger partial charge is 0.298 e. The van der Waals surface area contributed by atoms with Crippen molar-refractivity contribution in [2.45, 2.75) is 6.92 Å². The minimum Gasteiger partial charge on any atom is -0.298 e. The normalized spacial score (nSPS) is 10.8. The maximum atomic E-state index is 11.6. The number of carbonyl (C=O) groups is 1. The summed E-state index contributed by atoms with van der Waals surface area (Å²) in [6.07, 6.45) is 4.24. The summed E-state index contributed by atoms with van der Waals surface area (Å²) in [5.41, 5.74) is 5.51. The number of rotatable bonds is 4. The predicted molar refractivity (Wildman–Crippen MR) is 112 cm³/mol. The Balaban J connectivity index is 2.04. The molecule has 2 aromatic heterocycles. The molecule has 0 aliphatic heterocycles. The van der Waals surface area contributed by atoms with Gasteiger partial charge in [-0.15, -0.1) is 0 Å². The van der Waals surface area contributed by atoms with Crippen molar-refractivity contribution in [3.8, 4) is 28.1 Å². The summed E-state index contributed by atoms with van der Waals surface area (Å²) in [5.74, 6) is 0. The topological polar surface area (TPSA) is 47.8 Å². The lowest BCUT2D eigenvalue weighted by Gasteiger charge is -2.10. The Morgan fingerprint density at radius 3 is 2.32 bits per heavy atom. The zero-order chi connectivity index (χ0) is 19.7. The van der Waals surface area contributed by atoms with Crippen molar-refractivity contribution >= 4 is 29.5 Å². The van der Waals surface area contributed by atoms with E-state index in [4.69, 9.17) is 28.3 Å². The van der Waals surface area contributed by atoms with Crippen LogP contribution in [-0.4, -0.2) is 21.1 Å². The molecule has 138 valence electrons. The summed E-state index contributed by atoms with van der Waals surface area (Å²) in [6.45, 7) is 1.96. The van der Waals surface area contributed by atoms with Crippen molar-refractivity contribution in [2.24, 2.45) is 0 Å². The first-order valence-corrected chi connectivity index (χ1v) is 9.35. The van der Waals surface area contributed by atoms with E-state index in [2.05, 4.69) is 4.98 Å². The van der Waals surface area contributed by atoms with Crippen LogP contribution in [0.25, 0.3) is 28.1 Å². The molecule has 2 aromatic carbocycles. The average Bonchev–Trinajstić information content (AvgIpc) is 3.06. The number of nitrogens with zero attached hydrogens (tertiary/aromatic N) is 3. The van der Waals surface area contributed by atoms with Gasteiger partial charge in [-0.05, 0) is 48.9 Å². The minimum absolute atomic E-state index is 0.458. The zero-order valence-electron chi connectivity index (χ0n) is 14.9. The number of aldehydes is 1. The highest BCUT2D eigenvalue weighted by atomic mass is 35.5. The second-order valence-corrected chi connectivity index (χ2v) is 7.10. The highest BCUT2D eigenvalue weighted by molar-refractivity contribution is 6.33. The number of hydrogen-bond acceptors (Lipinski definition) is 3. The van der Waals surface area contributed by atoms with Gasteiger partial charge in [0.15, 0.2) is 6.29 Å². The van der Waals surface area contributed by atoms with Gasteiger partial charge in [0.25, 0.3) is 0 Å². The van der Waals surface area contributed by atoms with Crippen molar-refractivity contribution in [2.75, 3.05) is 0 Å². The number of hydrogen-bond donors (Lipinski definition) is 0. The molecule has 0 saturated heterocycles. The summed E-state index contributed by atoms with van der Waals surface area (Å²) < 4.78 is 1.73. The highest BCUT2D eigenvalue weighted by Gasteiger charge is 2.21. The Hall–Kier alpha value is -2.95. The number of aromatic nitrogens is 3. The fraction of sp³-hybridized carbons (Fsp3) is 0.0455. The van der Waals surface area contributed by atoms with Gasteiger partial charge < -0.3 is 0 Å².